The number of thiazole rings is 1. The fourth-order valence-electron chi connectivity index (χ4n) is 3.39. The molecule has 1 amide bonds. The van der Waals surface area contributed by atoms with E-state index in [0.29, 0.717) is 11.0 Å². The lowest BCUT2D eigenvalue weighted by Gasteiger charge is -2.24. The van der Waals surface area contributed by atoms with Crippen molar-refractivity contribution in [1.82, 2.24) is 9.97 Å². The number of nitrogens with zero attached hydrogens (tertiary/aromatic N) is 2. The van der Waals surface area contributed by atoms with E-state index in [0.717, 1.165) is 51.9 Å². The number of amides is 1. The Hall–Kier alpha value is -2.27. The minimum Gasteiger partial charge on any atom is -0.298 e. The second-order valence-corrected chi connectivity index (χ2v) is 7.74. The first-order chi connectivity index (χ1) is 11.6. The van der Waals surface area contributed by atoms with Crippen LogP contribution in [0.4, 0.5) is 5.13 Å². The van der Waals surface area contributed by atoms with Crippen LogP contribution < -0.4 is 5.32 Å². The number of hydrogen-bond acceptors (Lipinski definition) is 4. The zero-order chi connectivity index (χ0) is 16.7. The normalized spacial score (nSPS) is 16.8. The van der Waals surface area contributed by atoms with Gasteiger partial charge in [-0.2, -0.15) is 0 Å². The van der Waals surface area contributed by atoms with Gasteiger partial charge in [0.1, 0.15) is 0 Å². The van der Waals surface area contributed by atoms with E-state index in [2.05, 4.69) is 17.2 Å². The number of aryl methyl sites for hydroxylation is 2. The number of carbonyl (C=O) groups excluding carboxylic acids is 1. The molecule has 1 aromatic carbocycles. The van der Waals surface area contributed by atoms with Gasteiger partial charge in [-0.3, -0.25) is 15.1 Å². The first-order valence-corrected chi connectivity index (χ1v) is 9.07. The predicted octanol–water partition coefficient (Wildman–Crippen LogP) is 4.38. The van der Waals surface area contributed by atoms with Crippen molar-refractivity contribution in [2.24, 2.45) is 5.92 Å². The van der Waals surface area contributed by atoms with Crippen LogP contribution in [0.2, 0.25) is 0 Å². The maximum Gasteiger partial charge on any atom is 0.258 e. The number of nitrogens with one attached hydrogen (secondary N) is 1. The van der Waals surface area contributed by atoms with Crippen LogP contribution in [0.3, 0.4) is 0 Å². The van der Waals surface area contributed by atoms with Crippen molar-refractivity contribution in [3.63, 3.8) is 0 Å². The van der Waals surface area contributed by atoms with Gasteiger partial charge in [0.15, 0.2) is 5.13 Å². The molecular formula is C19H19N3OS. The van der Waals surface area contributed by atoms with Gasteiger partial charge in [-0.15, -0.1) is 11.3 Å². The monoisotopic (exact) mass is 337 g/mol. The SMILES string of the molecule is Cc1cnc(NC(=O)c2c3c(nc4ccccc24)CCC(C)C3)s1. The molecule has 0 fully saturated rings. The molecule has 1 aliphatic rings. The lowest BCUT2D eigenvalue weighted by Crippen LogP contribution is -2.21. The van der Waals surface area contributed by atoms with Crippen LogP contribution in [0.1, 0.15) is 39.8 Å². The summed E-state index contributed by atoms with van der Waals surface area (Å²) < 4.78 is 0. The van der Waals surface area contributed by atoms with Gasteiger partial charge in [-0.1, -0.05) is 25.1 Å². The number of aromatic nitrogens is 2. The molecule has 1 aliphatic carbocycles. The minimum absolute atomic E-state index is 0.0756. The first kappa shape index (κ1) is 15.3. The lowest BCUT2D eigenvalue weighted by atomic mass is 9.84. The molecule has 4 rings (SSSR count). The number of rotatable bonds is 2. The molecule has 24 heavy (non-hydrogen) atoms. The van der Waals surface area contributed by atoms with Gasteiger partial charge < -0.3 is 0 Å². The molecule has 4 nitrogen and oxygen atoms in total. The Balaban J connectivity index is 1.85. The van der Waals surface area contributed by atoms with Gasteiger partial charge in [0.05, 0.1) is 11.1 Å². The average molecular weight is 337 g/mol. The maximum absolute atomic E-state index is 13.0. The summed E-state index contributed by atoms with van der Waals surface area (Å²) in [5.41, 5.74) is 3.85. The van der Waals surface area contributed by atoms with Crippen molar-refractivity contribution < 1.29 is 4.79 Å². The zero-order valence-corrected chi connectivity index (χ0v) is 14.6. The number of fused-ring (bicyclic) bond motifs is 2. The Morgan fingerprint density at radius 1 is 1.33 bits per heavy atom. The van der Waals surface area contributed by atoms with Gasteiger partial charge >= 0.3 is 0 Å². The van der Waals surface area contributed by atoms with E-state index in [1.165, 1.54) is 11.3 Å². The fourth-order valence-corrected chi connectivity index (χ4v) is 4.05. The van der Waals surface area contributed by atoms with Gasteiger partial charge in [-0.25, -0.2) is 4.98 Å². The van der Waals surface area contributed by atoms with Gasteiger partial charge in [0.25, 0.3) is 5.91 Å². The number of para-hydroxylation sites is 1. The second-order valence-electron chi connectivity index (χ2n) is 6.51. The molecule has 2 aromatic heterocycles. The van der Waals surface area contributed by atoms with E-state index in [-0.39, 0.29) is 5.91 Å². The summed E-state index contributed by atoms with van der Waals surface area (Å²) in [5, 5.41) is 4.55. The Bertz CT molecular complexity index is 932. The highest BCUT2D eigenvalue weighted by Crippen LogP contribution is 2.32. The highest BCUT2D eigenvalue weighted by atomic mass is 32.1. The summed E-state index contributed by atoms with van der Waals surface area (Å²) in [6.07, 6.45) is 4.76. The standard InChI is InChI=1S/C19H19N3OS/c1-11-7-8-16-14(9-11)17(13-5-3-4-6-15(13)21-16)18(23)22-19-20-10-12(2)24-19/h3-6,10-11H,7-9H2,1-2H3,(H,20,22,23). The molecule has 0 saturated carbocycles. The third-order valence-corrected chi connectivity index (χ3v) is 5.40. The van der Waals surface area contributed by atoms with E-state index >= 15 is 0 Å². The van der Waals surface area contributed by atoms with Crippen LogP contribution in [-0.4, -0.2) is 15.9 Å². The van der Waals surface area contributed by atoms with Crippen LogP contribution in [0.25, 0.3) is 10.9 Å². The highest BCUT2D eigenvalue weighted by Gasteiger charge is 2.25. The molecule has 0 spiro atoms. The molecule has 0 bridgehead atoms. The molecule has 0 radical (unpaired) electrons. The average Bonchev–Trinajstić information content (AvgIpc) is 2.97. The summed E-state index contributed by atoms with van der Waals surface area (Å²) in [5.74, 6) is 0.502. The van der Waals surface area contributed by atoms with Crippen molar-refractivity contribution >= 4 is 33.3 Å². The Morgan fingerprint density at radius 2 is 2.17 bits per heavy atom. The first-order valence-electron chi connectivity index (χ1n) is 8.26. The van der Waals surface area contributed by atoms with Crippen LogP contribution in [0.5, 0.6) is 0 Å². The number of pyridine rings is 1. The summed E-state index contributed by atoms with van der Waals surface area (Å²) in [4.78, 5) is 23.2. The smallest absolute Gasteiger partial charge is 0.258 e. The summed E-state index contributed by atoms with van der Waals surface area (Å²) >= 11 is 1.50. The van der Waals surface area contributed by atoms with E-state index in [1.54, 1.807) is 6.20 Å². The van der Waals surface area contributed by atoms with Crippen molar-refractivity contribution in [3.05, 3.63) is 52.2 Å². The van der Waals surface area contributed by atoms with Crippen LogP contribution >= 0.6 is 11.3 Å². The molecule has 1 N–H and O–H groups in total. The quantitative estimate of drug-likeness (QED) is 0.755. The van der Waals surface area contributed by atoms with Crippen LogP contribution in [0, 0.1) is 12.8 Å². The van der Waals surface area contributed by atoms with Crippen molar-refractivity contribution in [2.75, 3.05) is 5.32 Å². The lowest BCUT2D eigenvalue weighted by molar-refractivity contribution is 0.102. The van der Waals surface area contributed by atoms with Crippen LogP contribution in [0.15, 0.2) is 30.5 Å². The molecule has 3 aromatic rings. The van der Waals surface area contributed by atoms with Gasteiger partial charge in [0.2, 0.25) is 0 Å². The molecule has 0 aliphatic heterocycles. The molecule has 1 unspecified atom stereocenters. The molecule has 1 atom stereocenters. The largest absolute Gasteiger partial charge is 0.298 e. The van der Waals surface area contributed by atoms with Crippen molar-refractivity contribution in [1.29, 1.82) is 0 Å². The molecule has 122 valence electrons. The van der Waals surface area contributed by atoms with E-state index in [9.17, 15) is 4.79 Å². The molecule has 0 saturated heterocycles. The second kappa shape index (κ2) is 5.98. The van der Waals surface area contributed by atoms with E-state index < -0.39 is 0 Å². The zero-order valence-electron chi connectivity index (χ0n) is 13.8. The number of carbonyl (C=O) groups is 1. The number of benzene rings is 1. The third kappa shape index (κ3) is 2.69. The van der Waals surface area contributed by atoms with Crippen molar-refractivity contribution in [2.45, 2.75) is 33.1 Å². The summed E-state index contributed by atoms with van der Waals surface area (Å²) in [6.45, 7) is 4.22. The van der Waals surface area contributed by atoms with Crippen LogP contribution in [-0.2, 0) is 12.8 Å². The Labute approximate surface area is 145 Å². The predicted molar refractivity (Wildman–Crippen MR) is 97.7 cm³/mol. The minimum atomic E-state index is -0.0756. The Morgan fingerprint density at radius 3 is 2.96 bits per heavy atom. The van der Waals surface area contributed by atoms with Gasteiger partial charge in [-0.05, 0) is 43.7 Å². The van der Waals surface area contributed by atoms with Gasteiger partial charge in [0, 0.05) is 22.2 Å². The maximum atomic E-state index is 13.0. The third-order valence-electron chi connectivity index (χ3n) is 4.57. The summed E-state index contributed by atoms with van der Waals surface area (Å²) in [6, 6.07) is 7.91. The summed E-state index contributed by atoms with van der Waals surface area (Å²) in [7, 11) is 0. The van der Waals surface area contributed by atoms with E-state index in [1.807, 2.05) is 31.2 Å². The van der Waals surface area contributed by atoms with Crippen molar-refractivity contribution in [3.8, 4) is 0 Å². The topological polar surface area (TPSA) is 54.9 Å². The number of hydrogen-bond donors (Lipinski definition) is 1. The Kier molecular flexibility index (Phi) is 3.81. The fraction of sp³-hybridized carbons (Fsp3) is 0.316. The molecule has 2 heterocycles. The molecular weight excluding hydrogens is 318 g/mol. The van der Waals surface area contributed by atoms with E-state index in [4.69, 9.17) is 4.98 Å². The number of anilines is 1. The highest BCUT2D eigenvalue weighted by molar-refractivity contribution is 7.15. The molecule has 5 heteroatoms.